The Morgan fingerprint density at radius 1 is 0.429 bits per heavy atom. The number of fused-ring (bicyclic) bond motifs is 10. The molecule has 0 amide bonds. The van der Waals surface area contributed by atoms with E-state index in [2.05, 4.69) is 148 Å². The first kappa shape index (κ1) is 22.1. The van der Waals surface area contributed by atoms with Crippen molar-refractivity contribution in [2.24, 2.45) is 0 Å². The molecular formula is C39H23N3. The molecule has 0 radical (unpaired) electrons. The number of benzene rings is 6. The molecule has 194 valence electrons. The molecule has 0 aliphatic heterocycles. The first-order chi connectivity index (χ1) is 20.8. The van der Waals surface area contributed by atoms with Crippen molar-refractivity contribution >= 4 is 70.9 Å². The topological polar surface area (TPSA) is 22.2 Å². The highest BCUT2D eigenvalue weighted by atomic mass is 15.0. The second-order valence-electron chi connectivity index (χ2n) is 11.2. The minimum Gasteiger partial charge on any atom is -0.309 e. The molecule has 10 rings (SSSR count). The molecule has 0 atom stereocenters. The van der Waals surface area contributed by atoms with Crippen LogP contribution in [-0.4, -0.2) is 14.0 Å². The van der Waals surface area contributed by atoms with Gasteiger partial charge < -0.3 is 4.57 Å². The van der Waals surface area contributed by atoms with Gasteiger partial charge in [-0.05, 0) is 71.8 Å². The molecule has 0 aliphatic carbocycles. The Bertz CT molecular complexity index is 2670. The zero-order valence-electron chi connectivity index (χ0n) is 22.6. The minimum atomic E-state index is 1.02. The van der Waals surface area contributed by atoms with Crippen LogP contribution in [0.2, 0.25) is 0 Å². The van der Waals surface area contributed by atoms with E-state index in [0.717, 1.165) is 11.2 Å². The predicted octanol–water partition coefficient (Wildman–Crippen LogP) is 10.1. The summed E-state index contributed by atoms with van der Waals surface area (Å²) in [5.41, 5.74) is 10.6. The van der Waals surface area contributed by atoms with Gasteiger partial charge in [-0.1, -0.05) is 78.9 Å². The van der Waals surface area contributed by atoms with Crippen LogP contribution >= 0.6 is 0 Å². The van der Waals surface area contributed by atoms with Crippen molar-refractivity contribution in [2.75, 3.05) is 0 Å². The smallest absolute Gasteiger partial charge is 0.146 e. The fourth-order valence-corrected chi connectivity index (χ4v) is 7.17. The lowest BCUT2D eigenvalue weighted by molar-refractivity contribution is 1.18. The zero-order valence-corrected chi connectivity index (χ0v) is 22.6. The van der Waals surface area contributed by atoms with Gasteiger partial charge in [0.25, 0.3) is 0 Å². The third-order valence-electron chi connectivity index (χ3n) is 8.99. The summed E-state index contributed by atoms with van der Waals surface area (Å²) >= 11 is 0. The van der Waals surface area contributed by atoms with Crippen molar-refractivity contribution < 1.29 is 0 Å². The molecule has 0 saturated heterocycles. The SMILES string of the molecule is c1ccc(-n2c3ccccc3c3cc(-c4cc5c6ccccc6n6c7nc8ccccc8cc7c(c4)c56)ccc32)cc1. The Morgan fingerprint density at radius 3 is 1.93 bits per heavy atom. The van der Waals surface area contributed by atoms with Crippen LogP contribution in [0, 0.1) is 0 Å². The summed E-state index contributed by atoms with van der Waals surface area (Å²) in [6.45, 7) is 0. The number of aromatic nitrogens is 3. The van der Waals surface area contributed by atoms with E-state index >= 15 is 0 Å². The highest BCUT2D eigenvalue weighted by Crippen LogP contribution is 2.43. The zero-order chi connectivity index (χ0) is 27.4. The third kappa shape index (κ3) is 2.82. The summed E-state index contributed by atoms with van der Waals surface area (Å²) in [7, 11) is 0. The first-order valence-corrected chi connectivity index (χ1v) is 14.4. The van der Waals surface area contributed by atoms with Crippen molar-refractivity contribution in [2.45, 2.75) is 0 Å². The van der Waals surface area contributed by atoms with Gasteiger partial charge in [-0.3, -0.25) is 4.40 Å². The van der Waals surface area contributed by atoms with Crippen LogP contribution in [0.4, 0.5) is 0 Å². The van der Waals surface area contributed by atoms with Gasteiger partial charge in [0.1, 0.15) is 5.65 Å². The number of para-hydroxylation sites is 4. The highest BCUT2D eigenvalue weighted by molar-refractivity contribution is 6.25. The van der Waals surface area contributed by atoms with Crippen LogP contribution < -0.4 is 0 Å². The van der Waals surface area contributed by atoms with Crippen molar-refractivity contribution in [3.63, 3.8) is 0 Å². The van der Waals surface area contributed by atoms with Crippen molar-refractivity contribution in [3.05, 3.63) is 140 Å². The summed E-state index contributed by atoms with van der Waals surface area (Å²) < 4.78 is 4.74. The number of rotatable bonds is 2. The molecule has 0 bridgehead atoms. The number of pyridine rings is 1. The van der Waals surface area contributed by atoms with E-state index in [0.29, 0.717) is 0 Å². The van der Waals surface area contributed by atoms with E-state index < -0.39 is 0 Å². The lowest BCUT2D eigenvalue weighted by atomic mass is 9.98. The Kier molecular flexibility index (Phi) is 4.18. The average molecular weight is 534 g/mol. The van der Waals surface area contributed by atoms with Gasteiger partial charge in [-0.15, -0.1) is 0 Å². The molecule has 3 nitrogen and oxygen atoms in total. The summed E-state index contributed by atoms with van der Waals surface area (Å²) in [5.74, 6) is 0. The Labute approximate surface area is 240 Å². The molecule has 10 aromatic rings. The molecular weight excluding hydrogens is 510 g/mol. The minimum absolute atomic E-state index is 1.02. The maximum absolute atomic E-state index is 5.19. The van der Waals surface area contributed by atoms with Crippen LogP contribution in [0.15, 0.2) is 140 Å². The molecule has 0 fully saturated rings. The van der Waals surface area contributed by atoms with Gasteiger partial charge in [0.15, 0.2) is 0 Å². The van der Waals surface area contributed by atoms with E-state index in [1.54, 1.807) is 0 Å². The quantitative estimate of drug-likeness (QED) is 0.217. The highest BCUT2D eigenvalue weighted by Gasteiger charge is 2.20. The molecule has 3 heteroatoms. The van der Waals surface area contributed by atoms with E-state index in [9.17, 15) is 0 Å². The van der Waals surface area contributed by atoms with Gasteiger partial charge in [-0.2, -0.15) is 0 Å². The molecule has 0 saturated carbocycles. The number of hydrogen-bond donors (Lipinski definition) is 0. The van der Waals surface area contributed by atoms with E-state index in [4.69, 9.17) is 4.98 Å². The average Bonchev–Trinajstić information content (AvgIpc) is 3.68. The van der Waals surface area contributed by atoms with Crippen LogP contribution in [-0.2, 0) is 0 Å². The molecule has 0 unspecified atom stereocenters. The van der Waals surface area contributed by atoms with E-state index in [1.165, 1.54) is 76.6 Å². The number of nitrogens with zero attached hydrogens (tertiary/aromatic N) is 3. The molecule has 6 aromatic carbocycles. The number of hydrogen-bond acceptors (Lipinski definition) is 1. The molecule has 0 spiro atoms. The fraction of sp³-hybridized carbons (Fsp3) is 0. The molecule has 0 aliphatic rings. The summed E-state index contributed by atoms with van der Waals surface area (Å²) in [4.78, 5) is 5.19. The standard InChI is InChI=1S/C39H23N3/c1-2-11-27(12-3-1)41-35-16-8-5-13-28(35)30-20-24(18-19-37(30)41)26-22-31-29-14-6-9-17-36(29)42-38(31)32(23-26)33-21-25-10-4-7-15-34(25)40-39(33)42/h1-23H. The Hall–Kier alpha value is -5.67. The third-order valence-corrected chi connectivity index (χ3v) is 8.99. The lowest BCUT2D eigenvalue weighted by Gasteiger charge is -2.08. The molecule has 42 heavy (non-hydrogen) atoms. The van der Waals surface area contributed by atoms with E-state index in [-0.39, 0.29) is 0 Å². The second kappa shape index (κ2) is 7.96. The van der Waals surface area contributed by atoms with Gasteiger partial charge in [0, 0.05) is 43.4 Å². The normalized spacial score (nSPS) is 12.3. The first-order valence-electron chi connectivity index (χ1n) is 14.4. The van der Waals surface area contributed by atoms with Crippen molar-refractivity contribution in [1.29, 1.82) is 0 Å². The van der Waals surface area contributed by atoms with Gasteiger partial charge in [0.2, 0.25) is 0 Å². The van der Waals surface area contributed by atoms with Crippen LogP contribution in [0.3, 0.4) is 0 Å². The fourth-order valence-electron chi connectivity index (χ4n) is 7.17. The van der Waals surface area contributed by atoms with Gasteiger partial charge in [0.05, 0.1) is 27.6 Å². The van der Waals surface area contributed by atoms with Gasteiger partial charge >= 0.3 is 0 Å². The lowest BCUT2D eigenvalue weighted by Crippen LogP contribution is -1.92. The van der Waals surface area contributed by atoms with Crippen LogP contribution in [0.1, 0.15) is 0 Å². The largest absolute Gasteiger partial charge is 0.309 e. The maximum atomic E-state index is 5.19. The van der Waals surface area contributed by atoms with Gasteiger partial charge in [-0.25, -0.2) is 4.98 Å². The maximum Gasteiger partial charge on any atom is 0.146 e. The monoisotopic (exact) mass is 533 g/mol. The molecule has 0 N–H and O–H groups in total. The van der Waals surface area contributed by atoms with Crippen molar-refractivity contribution in [1.82, 2.24) is 14.0 Å². The Balaban J connectivity index is 1.31. The van der Waals surface area contributed by atoms with Crippen LogP contribution in [0.25, 0.3) is 87.7 Å². The summed E-state index contributed by atoms with van der Waals surface area (Å²) in [5, 5.41) is 8.67. The predicted molar refractivity (Wildman–Crippen MR) is 176 cm³/mol. The summed E-state index contributed by atoms with van der Waals surface area (Å²) in [6.07, 6.45) is 0. The Morgan fingerprint density at radius 2 is 1.07 bits per heavy atom. The van der Waals surface area contributed by atoms with Crippen LogP contribution in [0.5, 0.6) is 0 Å². The van der Waals surface area contributed by atoms with E-state index in [1.807, 2.05) is 0 Å². The van der Waals surface area contributed by atoms with Crippen molar-refractivity contribution in [3.8, 4) is 16.8 Å². The molecule has 4 aromatic heterocycles. The molecule has 4 heterocycles. The summed E-state index contributed by atoms with van der Waals surface area (Å²) in [6, 6.07) is 50.5. The second-order valence-corrected chi connectivity index (χ2v) is 11.2.